The van der Waals surface area contributed by atoms with Crippen LogP contribution in [-0.4, -0.2) is 5.97 Å². The van der Waals surface area contributed by atoms with Crippen LogP contribution in [-0.2, 0) is 9.53 Å². The van der Waals surface area contributed by atoms with Crippen LogP contribution < -0.4 is 0 Å². The summed E-state index contributed by atoms with van der Waals surface area (Å²) in [7, 11) is 0. The van der Waals surface area contributed by atoms with Crippen LogP contribution in [0, 0.1) is 6.92 Å². The Morgan fingerprint density at radius 3 is 2.00 bits per heavy atom. The molecule has 4 rings (SSSR count). The third-order valence-corrected chi connectivity index (χ3v) is 4.67. The summed E-state index contributed by atoms with van der Waals surface area (Å²) in [5, 5.41) is 0. The first-order chi connectivity index (χ1) is 13.2. The van der Waals surface area contributed by atoms with Crippen LogP contribution in [0.15, 0.2) is 90.5 Å². The number of aryl methyl sites for hydroxylation is 1. The van der Waals surface area contributed by atoms with Crippen molar-refractivity contribution in [3.05, 3.63) is 113 Å². The van der Waals surface area contributed by atoms with Gasteiger partial charge < -0.3 is 4.74 Å². The number of hydrogen-bond acceptors (Lipinski definition) is 2. The van der Waals surface area contributed by atoms with E-state index in [4.69, 9.17) is 4.74 Å². The molecule has 0 radical (unpaired) electrons. The van der Waals surface area contributed by atoms with Crippen LogP contribution in [0.3, 0.4) is 0 Å². The van der Waals surface area contributed by atoms with E-state index in [0.29, 0.717) is 17.8 Å². The number of hydrogen-bond donors (Lipinski definition) is 0. The van der Waals surface area contributed by atoms with E-state index in [9.17, 15) is 4.79 Å². The number of carbonyl (C=O) groups is 1. The van der Waals surface area contributed by atoms with Crippen molar-refractivity contribution in [1.29, 1.82) is 0 Å². The summed E-state index contributed by atoms with van der Waals surface area (Å²) in [6, 6.07) is 28.1. The first kappa shape index (κ1) is 17.0. The maximum atomic E-state index is 12.7. The van der Waals surface area contributed by atoms with Crippen LogP contribution in [0.25, 0.3) is 17.4 Å². The molecular weight excluding hydrogens is 332 g/mol. The smallest absolute Gasteiger partial charge is 0.339 e. The summed E-state index contributed by atoms with van der Waals surface area (Å²) in [4.78, 5) is 12.7. The minimum Gasteiger partial charge on any atom is -0.422 e. The lowest BCUT2D eigenvalue weighted by Crippen LogP contribution is -2.15. The molecule has 0 saturated carbocycles. The minimum absolute atomic E-state index is 0.283. The Balaban J connectivity index is 1.80. The fourth-order valence-corrected chi connectivity index (χ4v) is 3.23. The SMILES string of the molecule is Cc1ccc(/C=C2/CC(c3ccccc3)=C(c3ccccc3)OC2=O)cc1. The number of carbonyl (C=O) groups excluding carboxylic acids is 1. The van der Waals surface area contributed by atoms with Gasteiger partial charge in [0.1, 0.15) is 5.76 Å². The molecule has 3 aromatic carbocycles. The van der Waals surface area contributed by atoms with Crippen LogP contribution >= 0.6 is 0 Å². The molecule has 0 aromatic heterocycles. The van der Waals surface area contributed by atoms with Gasteiger partial charge in [-0.05, 0) is 24.1 Å². The summed E-state index contributed by atoms with van der Waals surface area (Å²) >= 11 is 0. The van der Waals surface area contributed by atoms with Gasteiger partial charge in [-0.15, -0.1) is 0 Å². The summed E-state index contributed by atoms with van der Waals surface area (Å²) in [5.74, 6) is 0.363. The Morgan fingerprint density at radius 2 is 1.37 bits per heavy atom. The van der Waals surface area contributed by atoms with Gasteiger partial charge in [0.05, 0.1) is 0 Å². The monoisotopic (exact) mass is 352 g/mol. The highest BCUT2D eigenvalue weighted by atomic mass is 16.5. The second kappa shape index (κ2) is 7.46. The average molecular weight is 352 g/mol. The molecule has 1 aliphatic heterocycles. The number of esters is 1. The van der Waals surface area contributed by atoms with E-state index in [1.807, 2.05) is 85.8 Å². The quantitative estimate of drug-likeness (QED) is 0.434. The molecule has 3 aromatic rings. The zero-order chi connectivity index (χ0) is 18.6. The van der Waals surface area contributed by atoms with Crippen LogP contribution in [0.2, 0.25) is 0 Å². The Hall–Kier alpha value is -3.39. The highest BCUT2D eigenvalue weighted by Crippen LogP contribution is 2.37. The van der Waals surface area contributed by atoms with E-state index < -0.39 is 0 Å². The van der Waals surface area contributed by atoms with Gasteiger partial charge in [-0.2, -0.15) is 0 Å². The predicted octanol–water partition coefficient (Wildman–Crippen LogP) is 5.89. The third-order valence-electron chi connectivity index (χ3n) is 4.67. The van der Waals surface area contributed by atoms with Gasteiger partial charge >= 0.3 is 5.97 Å². The lowest BCUT2D eigenvalue weighted by molar-refractivity contribution is -0.132. The van der Waals surface area contributed by atoms with Crippen LogP contribution in [0.4, 0.5) is 0 Å². The Bertz CT molecular complexity index is 1010. The lowest BCUT2D eigenvalue weighted by Gasteiger charge is -2.22. The number of allylic oxidation sites excluding steroid dienone is 1. The van der Waals surface area contributed by atoms with E-state index in [0.717, 1.165) is 22.3 Å². The fourth-order valence-electron chi connectivity index (χ4n) is 3.23. The Morgan fingerprint density at radius 1 is 0.778 bits per heavy atom. The maximum absolute atomic E-state index is 12.7. The summed E-state index contributed by atoms with van der Waals surface area (Å²) in [5.41, 5.74) is 5.87. The molecule has 0 N–H and O–H groups in total. The summed E-state index contributed by atoms with van der Waals surface area (Å²) in [6.07, 6.45) is 2.47. The number of benzene rings is 3. The van der Waals surface area contributed by atoms with E-state index in [-0.39, 0.29) is 5.97 Å². The standard InChI is InChI=1S/C25H20O2/c1-18-12-14-19(15-13-18)16-22-17-23(20-8-4-2-5-9-20)24(27-25(22)26)21-10-6-3-7-11-21/h2-16H,17H2,1H3/b22-16-. The van der Waals surface area contributed by atoms with Crippen molar-refractivity contribution in [1.82, 2.24) is 0 Å². The van der Waals surface area contributed by atoms with Crippen molar-refractivity contribution in [2.45, 2.75) is 13.3 Å². The number of ether oxygens (including phenoxy) is 1. The molecule has 0 fully saturated rings. The largest absolute Gasteiger partial charge is 0.422 e. The van der Waals surface area contributed by atoms with Gasteiger partial charge in [0, 0.05) is 23.1 Å². The maximum Gasteiger partial charge on any atom is 0.339 e. The van der Waals surface area contributed by atoms with E-state index >= 15 is 0 Å². The van der Waals surface area contributed by atoms with Crippen LogP contribution in [0.1, 0.15) is 28.7 Å². The molecule has 0 saturated heterocycles. The van der Waals surface area contributed by atoms with E-state index in [1.165, 1.54) is 5.56 Å². The average Bonchev–Trinajstić information content (AvgIpc) is 2.72. The molecular formula is C25H20O2. The van der Waals surface area contributed by atoms with Crippen molar-refractivity contribution in [2.24, 2.45) is 0 Å². The zero-order valence-corrected chi connectivity index (χ0v) is 15.2. The number of cyclic esters (lactones) is 1. The van der Waals surface area contributed by atoms with Crippen molar-refractivity contribution in [2.75, 3.05) is 0 Å². The zero-order valence-electron chi connectivity index (χ0n) is 15.2. The van der Waals surface area contributed by atoms with Gasteiger partial charge in [-0.3, -0.25) is 0 Å². The summed E-state index contributed by atoms with van der Waals surface area (Å²) < 4.78 is 5.82. The highest BCUT2D eigenvalue weighted by molar-refractivity contribution is 6.06. The molecule has 2 nitrogen and oxygen atoms in total. The molecule has 1 aliphatic rings. The third kappa shape index (κ3) is 3.75. The van der Waals surface area contributed by atoms with Crippen molar-refractivity contribution >= 4 is 23.4 Å². The molecule has 2 heteroatoms. The minimum atomic E-state index is -0.283. The molecule has 132 valence electrons. The molecule has 0 bridgehead atoms. The second-order valence-corrected chi connectivity index (χ2v) is 6.69. The van der Waals surface area contributed by atoms with Gasteiger partial charge in [0.25, 0.3) is 0 Å². The Kier molecular flexibility index (Phi) is 4.71. The molecule has 1 heterocycles. The molecule has 0 aliphatic carbocycles. The topological polar surface area (TPSA) is 26.3 Å². The van der Waals surface area contributed by atoms with Gasteiger partial charge in [0.2, 0.25) is 0 Å². The Labute approximate surface area is 159 Å². The van der Waals surface area contributed by atoms with E-state index in [1.54, 1.807) is 0 Å². The number of rotatable bonds is 3. The van der Waals surface area contributed by atoms with Gasteiger partial charge in [-0.1, -0.05) is 90.5 Å². The molecule has 0 spiro atoms. The molecule has 0 unspecified atom stereocenters. The fraction of sp³-hybridized carbons (Fsp3) is 0.0800. The van der Waals surface area contributed by atoms with Crippen molar-refractivity contribution < 1.29 is 9.53 Å². The predicted molar refractivity (Wildman–Crippen MR) is 110 cm³/mol. The summed E-state index contributed by atoms with van der Waals surface area (Å²) in [6.45, 7) is 2.05. The lowest BCUT2D eigenvalue weighted by atomic mass is 9.91. The van der Waals surface area contributed by atoms with Crippen molar-refractivity contribution in [3.63, 3.8) is 0 Å². The second-order valence-electron chi connectivity index (χ2n) is 6.69. The molecule has 0 amide bonds. The van der Waals surface area contributed by atoms with Gasteiger partial charge in [0.15, 0.2) is 0 Å². The normalized spacial score (nSPS) is 15.7. The van der Waals surface area contributed by atoms with Crippen molar-refractivity contribution in [3.8, 4) is 0 Å². The highest BCUT2D eigenvalue weighted by Gasteiger charge is 2.26. The first-order valence-corrected chi connectivity index (χ1v) is 9.04. The molecule has 27 heavy (non-hydrogen) atoms. The molecule has 0 atom stereocenters. The van der Waals surface area contributed by atoms with Crippen LogP contribution in [0.5, 0.6) is 0 Å². The van der Waals surface area contributed by atoms with Gasteiger partial charge in [-0.25, -0.2) is 4.79 Å². The first-order valence-electron chi connectivity index (χ1n) is 9.04. The van der Waals surface area contributed by atoms with E-state index in [2.05, 4.69) is 12.1 Å².